The van der Waals surface area contributed by atoms with E-state index in [1.165, 1.54) is 30.3 Å². The normalized spacial score (nSPS) is 12.0. The maximum absolute atomic E-state index is 13.0. The average Bonchev–Trinajstić information content (AvgIpc) is 2.94. The summed E-state index contributed by atoms with van der Waals surface area (Å²) in [6, 6.07) is 22.8. The molecule has 4 rings (SSSR count). The van der Waals surface area contributed by atoms with Crippen LogP contribution in [0.5, 0.6) is 5.75 Å². The van der Waals surface area contributed by atoms with Crippen LogP contribution >= 0.6 is 0 Å². The Morgan fingerprint density at radius 2 is 1.50 bits per heavy atom. The third kappa shape index (κ3) is 7.99. The Labute approximate surface area is 251 Å². The molecule has 0 fully saturated rings. The van der Waals surface area contributed by atoms with E-state index in [1.807, 2.05) is 0 Å². The molecular formula is C26H22CuN6O7S2. The molecule has 4 aromatic rings. The number of hydrogen-bond donors (Lipinski definition) is 5. The predicted molar refractivity (Wildman–Crippen MR) is 151 cm³/mol. The molecule has 0 bridgehead atoms. The largest absolute Gasteiger partial charge is 0.506 e. The molecule has 42 heavy (non-hydrogen) atoms. The summed E-state index contributed by atoms with van der Waals surface area (Å²) in [7, 11) is -8.31. The topological polar surface area (TPSA) is 213 Å². The van der Waals surface area contributed by atoms with Crippen molar-refractivity contribution in [3.63, 3.8) is 0 Å². The summed E-state index contributed by atoms with van der Waals surface area (Å²) < 4.78 is 51.5. The van der Waals surface area contributed by atoms with E-state index < -0.39 is 26.0 Å². The van der Waals surface area contributed by atoms with Gasteiger partial charge in [0.2, 0.25) is 15.9 Å². The van der Waals surface area contributed by atoms with Crippen molar-refractivity contribution in [2.24, 2.45) is 20.5 Å². The molecular weight excluding hydrogens is 636 g/mol. The molecule has 0 aliphatic carbocycles. The predicted octanol–water partition coefficient (Wildman–Crippen LogP) is 4.09. The summed E-state index contributed by atoms with van der Waals surface area (Å²) in [4.78, 5) is 10.9. The molecule has 0 aliphatic rings. The van der Waals surface area contributed by atoms with Crippen LogP contribution in [-0.2, 0) is 37.1 Å². The van der Waals surface area contributed by atoms with Crippen molar-refractivity contribution in [3.8, 4) is 5.75 Å². The van der Waals surface area contributed by atoms with Crippen molar-refractivity contribution in [3.05, 3.63) is 108 Å². The first-order valence-corrected chi connectivity index (χ1v) is 14.6. The minimum absolute atomic E-state index is 0. The number of rotatable bonds is 9. The number of nitrogens with two attached hydrogens (primary N) is 1. The fourth-order valence-electron chi connectivity index (χ4n) is 3.41. The summed E-state index contributed by atoms with van der Waals surface area (Å²) in [5, 5.41) is 37.2. The Bertz CT molecular complexity index is 1880. The fraction of sp³-hybridized carbons (Fsp3) is 0. The zero-order valence-electron chi connectivity index (χ0n) is 21.2. The van der Waals surface area contributed by atoms with E-state index in [-0.39, 0.29) is 61.1 Å². The second-order valence-electron chi connectivity index (χ2n) is 8.29. The van der Waals surface area contributed by atoms with E-state index in [0.717, 1.165) is 24.3 Å². The van der Waals surface area contributed by atoms with Gasteiger partial charge in [-0.1, -0.05) is 48.5 Å². The molecule has 1 radical (unpaired) electrons. The van der Waals surface area contributed by atoms with E-state index in [0.29, 0.717) is 5.56 Å². The van der Waals surface area contributed by atoms with Crippen LogP contribution in [0.4, 0.5) is 17.1 Å². The number of benzene rings is 4. The molecule has 4 aromatic carbocycles. The average molecular weight is 658 g/mol. The van der Waals surface area contributed by atoms with Gasteiger partial charge in [-0.3, -0.25) is 10.1 Å². The molecule has 0 atom stereocenters. The SMILES string of the molecule is NS(=O)(=O)c1cccc(NS(=O)(=O)c2ccc(O)c(N/N=C(/N=Nc3ccccc3C(=O)O)c3ccccc3)c2)c1.[Cu]. The van der Waals surface area contributed by atoms with Gasteiger partial charge in [0.1, 0.15) is 11.4 Å². The van der Waals surface area contributed by atoms with Gasteiger partial charge in [0, 0.05) is 22.6 Å². The zero-order valence-corrected chi connectivity index (χ0v) is 23.8. The summed E-state index contributed by atoms with van der Waals surface area (Å²) in [5.74, 6) is -1.54. The summed E-state index contributed by atoms with van der Waals surface area (Å²) in [5.41, 5.74) is 2.90. The van der Waals surface area contributed by atoms with Gasteiger partial charge in [-0.25, -0.2) is 26.8 Å². The minimum Gasteiger partial charge on any atom is -0.506 e. The molecule has 0 unspecified atom stereocenters. The number of aromatic hydroxyl groups is 1. The van der Waals surface area contributed by atoms with E-state index in [9.17, 15) is 31.8 Å². The van der Waals surface area contributed by atoms with Crippen LogP contribution in [0.3, 0.4) is 0 Å². The quantitative estimate of drug-likeness (QED) is 0.0440. The Kier molecular flexibility index (Phi) is 10.2. The molecule has 221 valence electrons. The second-order valence-corrected chi connectivity index (χ2v) is 11.5. The summed E-state index contributed by atoms with van der Waals surface area (Å²) in [6.07, 6.45) is 0. The maximum Gasteiger partial charge on any atom is 0.337 e. The number of phenolic OH excluding ortho intramolecular Hbond substituents is 1. The van der Waals surface area contributed by atoms with Crippen LogP contribution in [-0.4, -0.2) is 38.9 Å². The maximum atomic E-state index is 13.0. The third-order valence-electron chi connectivity index (χ3n) is 5.39. The number of aromatic carboxylic acids is 1. The number of sulfonamides is 2. The number of carboxylic acids is 1. The number of anilines is 2. The van der Waals surface area contributed by atoms with Gasteiger partial charge in [-0.15, -0.1) is 10.2 Å². The van der Waals surface area contributed by atoms with Crippen molar-refractivity contribution in [1.82, 2.24) is 0 Å². The number of primary sulfonamides is 1. The van der Waals surface area contributed by atoms with Gasteiger partial charge in [-0.2, -0.15) is 5.10 Å². The van der Waals surface area contributed by atoms with Crippen molar-refractivity contribution in [1.29, 1.82) is 0 Å². The molecule has 0 saturated carbocycles. The molecule has 0 saturated heterocycles. The van der Waals surface area contributed by atoms with Gasteiger partial charge in [0.15, 0.2) is 0 Å². The van der Waals surface area contributed by atoms with Crippen LogP contribution in [0.25, 0.3) is 0 Å². The van der Waals surface area contributed by atoms with E-state index in [1.54, 1.807) is 42.5 Å². The molecule has 0 spiro atoms. The summed E-state index contributed by atoms with van der Waals surface area (Å²) in [6.45, 7) is 0. The number of nitrogens with one attached hydrogen (secondary N) is 2. The number of amidine groups is 1. The summed E-state index contributed by atoms with van der Waals surface area (Å²) >= 11 is 0. The third-order valence-corrected chi connectivity index (χ3v) is 7.68. The number of carboxylic acid groups (broad SMARTS) is 1. The van der Waals surface area contributed by atoms with E-state index in [4.69, 9.17) is 5.14 Å². The van der Waals surface area contributed by atoms with Gasteiger partial charge < -0.3 is 10.2 Å². The van der Waals surface area contributed by atoms with Crippen molar-refractivity contribution < 1.29 is 48.9 Å². The molecule has 6 N–H and O–H groups in total. The minimum atomic E-state index is -4.25. The van der Waals surface area contributed by atoms with Crippen LogP contribution in [0.1, 0.15) is 15.9 Å². The molecule has 13 nitrogen and oxygen atoms in total. The number of hydrazone groups is 1. The van der Waals surface area contributed by atoms with Crippen molar-refractivity contribution >= 4 is 48.9 Å². The molecule has 0 aliphatic heterocycles. The Hall–Kier alpha value is -4.60. The Morgan fingerprint density at radius 3 is 2.19 bits per heavy atom. The molecule has 0 aromatic heterocycles. The first kappa shape index (κ1) is 31.9. The number of hydrogen-bond acceptors (Lipinski definition) is 9. The number of carbonyl (C=O) groups is 1. The molecule has 16 heteroatoms. The molecule has 0 heterocycles. The first-order valence-electron chi connectivity index (χ1n) is 11.6. The van der Waals surface area contributed by atoms with Crippen LogP contribution < -0.4 is 15.3 Å². The van der Waals surface area contributed by atoms with Crippen LogP contribution in [0.2, 0.25) is 0 Å². The van der Waals surface area contributed by atoms with Crippen LogP contribution in [0.15, 0.2) is 122 Å². The Balaban J connectivity index is 0.00000484. The van der Waals surface area contributed by atoms with Crippen molar-refractivity contribution in [2.45, 2.75) is 9.79 Å². The fourth-order valence-corrected chi connectivity index (χ4v) is 5.05. The second kappa shape index (κ2) is 13.4. The van der Waals surface area contributed by atoms with Gasteiger partial charge in [0.25, 0.3) is 10.0 Å². The zero-order chi connectivity index (χ0) is 29.6. The smallest absolute Gasteiger partial charge is 0.337 e. The monoisotopic (exact) mass is 657 g/mol. The Morgan fingerprint density at radius 1 is 0.810 bits per heavy atom. The van der Waals surface area contributed by atoms with Gasteiger partial charge in [-0.05, 0) is 48.5 Å². The van der Waals surface area contributed by atoms with E-state index >= 15 is 0 Å². The standard InChI is InChI=1S/C26H22N6O7S2.Cu/c27-40(36,37)19-10-6-9-18(15-19)32-41(38,39)20-13-14-24(33)23(16-20)29-31-25(17-7-2-1-3-8-17)30-28-22-12-5-4-11-21(22)26(34)35;/h1-16,29,32-33H,(H,34,35)(H2,27,36,37);/b30-28?,31-25+;. The van der Waals surface area contributed by atoms with E-state index in [2.05, 4.69) is 25.5 Å². The van der Waals surface area contributed by atoms with Gasteiger partial charge in [0.05, 0.1) is 26.7 Å². The number of phenols is 1. The number of azo groups is 1. The van der Waals surface area contributed by atoms with Crippen LogP contribution in [0, 0.1) is 0 Å². The first-order chi connectivity index (χ1) is 19.4. The number of nitrogens with zero attached hydrogens (tertiary/aromatic N) is 3. The van der Waals surface area contributed by atoms with Gasteiger partial charge >= 0.3 is 5.97 Å². The molecule has 0 amide bonds. The van der Waals surface area contributed by atoms with Crippen molar-refractivity contribution in [2.75, 3.05) is 10.1 Å².